The van der Waals surface area contributed by atoms with Crippen molar-refractivity contribution in [3.63, 3.8) is 0 Å². The Morgan fingerprint density at radius 3 is 2.86 bits per heavy atom. The average Bonchev–Trinajstić information content (AvgIpc) is 3.20. The van der Waals surface area contributed by atoms with Crippen LogP contribution >= 0.6 is 23.7 Å². The molecule has 4 rings (SSSR count). The standard InChI is InChI=1S/C14H20BrN6O6P.Na/c15-14-19-11-12(16)17-7-18-13(11)21(14)10-5-8(22)9(27-10)6-26-28(23,24)20-1-3-25-4-2-20;/h7-10,22H,1-6H2,(H,23,24)(H2,16,17,18);/q;+1/p-1/t8-,9+,10+;/m0./s1. The summed E-state index contributed by atoms with van der Waals surface area (Å²) in [6, 6.07) is 0. The topological polar surface area (TPSA) is 161 Å². The van der Waals surface area contributed by atoms with Gasteiger partial charge in [0.2, 0.25) is 7.75 Å². The first-order chi connectivity index (χ1) is 13.4. The van der Waals surface area contributed by atoms with Gasteiger partial charge in [-0.1, -0.05) is 0 Å². The summed E-state index contributed by atoms with van der Waals surface area (Å²) in [7, 11) is -4.24. The maximum atomic E-state index is 12.3. The van der Waals surface area contributed by atoms with Crippen LogP contribution in [-0.4, -0.2) is 74.4 Å². The molecule has 0 radical (unpaired) electrons. The van der Waals surface area contributed by atoms with Crippen molar-refractivity contribution in [1.82, 2.24) is 24.2 Å². The largest absolute Gasteiger partial charge is 1.00 e. The fourth-order valence-electron chi connectivity index (χ4n) is 3.23. The summed E-state index contributed by atoms with van der Waals surface area (Å²) in [5.41, 5.74) is 6.67. The zero-order valence-corrected chi connectivity index (χ0v) is 20.2. The van der Waals surface area contributed by atoms with Crippen LogP contribution in [-0.2, 0) is 18.6 Å². The summed E-state index contributed by atoms with van der Waals surface area (Å²) >= 11 is 3.34. The van der Waals surface area contributed by atoms with Gasteiger partial charge in [-0.25, -0.2) is 19.6 Å². The number of hydrogen-bond donors (Lipinski definition) is 2. The van der Waals surface area contributed by atoms with Gasteiger partial charge >= 0.3 is 29.6 Å². The quantitative estimate of drug-likeness (QED) is 0.239. The van der Waals surface area contributed by atoms with Gasteiger partial charge in [0.25, 0.3) is 0 Å². The molecular formula is C14H19BrN6NaO6P. The SMILES string of the molecule is Nc1ncnc2c1nc(Br)n2[C@H]1C[C@H](O)[C@@H](COP(=O)([O-])N2CCOCC2)O1.[Na+]. The molecule has 0 bridgehead atoms. The van der Waals surface area contributed by atoms with Crippen molar-refractivity contribution in [2.75, 3.05) is 38.6 Å². The van der Waals surface area contributed by atoms with Gasteiger partial charge in [0.05, 0.1) is 25.9 Å². The first kappa shape index (κ1) is 23.5. The third kappa shape index (κ3) is 4.85. The second-order valence-corrected chi connectivity index (χ2v) is 8.91. The number of morpholine rings is 1. The van der Waals surface area contributed by atoms with E-state index >= 15 is 0 Å². The molecule has 4 heterocycles. The maximum absolute atomic E-state index is 12.3. The van der Waals surface area contributed by atoms with E-state index in [1.54, 1.807) is 4.57 Å². The Morgan fingerprint density at radius 1 is 1.41 bits per heavy atom. The summed E-state index contributed by atoms with van der Waals surface area (Å²) < 4.78 is 31.7. The minimum absolute atomic E-state index is 0. The summed E-state index contributed by atoms with van der Waals surface area (Å²) in [5.74, 6) is 0.223. The van der Waals surface area contributed by atoms with Gasteiger partial charge in [-0.2, -0.15) is 0 Å². The predicted molar refractivity (Wildman–Crippen MR) is 97.9 cm³/mol. The normalized spacial score (nSPS) is 27.6. The summed E-state index contributed by atoms with van der Waals surface area (Å²) in [5, 5.41) is 10.3. The molecule has 2 aromatic heterocycles. The van der Waals surface area contributed by atoms with E-state index in [0.717, 1.165) is 0 Å². The Labute approximate surface area is 196 Å². The smallest absolute Gasteiger partial charge is 0.766 e. The van der Waals surface area contributed by atoms with Crippen LogP contribution < -0.4 is 40.2 Å². The number of hydrogen-bond acceptors (Lipinski definition) is 10. The van der Waals surface area contributed by atoms with Crippen LogP contribution in [0.15, 0.2) is 11.1 Å². The number of aromatic nitrogens is 4. The van der Waals surface area contributed by atoms with Crippen molar-refractivity contribution in [1.29, 1.82) is 0 Å². The van der Waals surface area contributed by atoms with E-state index in [2.05, 4.69) is 30.9 Å². The molecule has 0 aromatic carbocycles. The van der Waals surface area contributed by atoms with Crippen molar-refractivity contribution in [2.45, 2.75) is 24.9 Å². The minimum Gasteiger partial charge on any atom is -0.766 e. The Morgan fingerprint density at radius 2 is 2.14 bits per heavy atom. The summed E-state index contributed by atoms with van der Waals surface area (Å²) in [6.45, 7) is 0.843. The van der Waals surface area contributed by atoms with E-state index in [4.69, 9.17) is 19.7 Å². The zero-order valence-electron chi connectivity index (χ0n) is 15.7. The number of anilines is 1. The minimum atomic E-state index is -4.24. The average molecular weight is 501 g/mol. The Balaban J connectivity index is 0.00000240. The van der Waals surface area contributed by atoms with Crippen molar-refractivity contribution in [3.05, 3.63) is 11.1 Å². The molecule has 1 unspecified atom stereocenters. The molecule has 0 spiro atoms. The molecule has 12 nitrogen and oxygen atoms in total. The van der Waals surface area contributed by atoms with Gasteiger partial charge < -0.3 is 29.7 Å². The van der Waals surface area contributed by atoms with Crippen LogP contribution in [0.3, 0.4) is 0 Å². The second kappa shape index (κ2) is 9.53. The Bertz CT molecular complexity index is 914. The molecular weight excluding hydrogens is 482 g/mol. The number of aliphatic hydroxyl groups is 1. The van der Waals surface area contributed by atoms with Crippen LogP contribution in [0.1, 0.15) is 12.6 Å². The number of nitrogen functional groups attached to an aromatic ring is 1. The van der Waals surface area contributed by atoms with E-state index in [1.807, 2.05) is 0 Å². The van der Waals surface area contributed by atoms with Gasteiger partial charge in [-0.15, -0.1) is 0 Å². The summed E-state index contributed by atoms with van der Waals surface area (Å²) in [6.07, 6.45) is -0.839. The number of rotatable bonds is 5. The van der Waals surface area contributed by atoms with Crippen LogP contribution in [0.4, 0.5) is 5.82 Å². The van der Waals surface area contributed by atoms with Crippen molar-refractivity contribution in [2.24, 2.45) is 0 Å². The van der Waals surface area contributed by atoms with Gasteiger partial charge in [-0.05, 0) is 15.9 Å². The van der Waals surface area contributed by atoms with E-state index in [0.29, 0.717) is 29.1 Å². The molecule has 2 aliphatic heterocycles. The number of halogens is 1. The van der Waals surface area contributed by atoms with Crippen molar-refractivity contribution < 1.29 is 58.1 Å². The van der Waals surface area contributed by atoms with Crippen LogP contribution in [0, 0.1) is 0 Å². The van der Waals surface area contributed by atoms with Crippen LogP contribution in [0.5, 0.6) is 0 Å². The third-order valence-electron chi connectivity index (χ3n) is 4.69. The zero-order chi connectivity index (χ0) is 19.9. The van der Waals surface area contributed by atoms with E-state index in [-0.39, 0.29) is 61.5 Å². The molecule has 2 saturated heterocycles. The molecule has 2 aliphatic rings. The number of imidazole rings is 1. The third-order valence-corrected chi connectivity index (χ3v) is 6.82. The number of ether oxygens (including phenoxy) is 2. The number of nitrogens with zero attached hydrogens (tertiary/aromatic N) is 5. The molecule has 2 fully saturated rings. The fraction of sp³-hybridized carbons (Fsp3) is 0.643. The van der Waals surface area contributed by atoms with Gasteiger partial charge in [-0.3, -0.25) is 9.13 Å². The van der Waals surface area contributed by atoms with E-state index in [1.165, 1.54) is 11.0 Å². The molecule has 0 aliphatic carbocycles. The monoisotopic (exact) mass is 500 g/mol. The van der Waals surface area contributed by atoms with Gasteiger partial charge in [0.15, 0.2) is 21.7 Å². The second-order valence-electron chi connectivity index (χ2n) is 6.44. The fourth-order valence-corrected chi connectivity index (χ4v) is 4.95. The number of nitrogens with two attached hydrogens (primary N) is 1. The number of fused-ring (bicyclic) bond motifs is 1. The molecule has 0 saturated carbocycles. The molecule has 4 atom stereocenters. The maximum Gasteiger partial charge on any atom is 1.00 e. The molecule has 154 valence electrons. The van der Waals surface area contributed by atoms with Gasteiger partial charge in [0, 0.05) is 19.5 Å². The Kier molecular flexibility index (Phi) is 7.72. The molecule has 29 heavy (non-hydrogen) atoms. The molecule has 3 N–H and O–H groups in total. The van der Waals surface area contributed by atoms with E-state index < -0.39 is 26.2 Å². The summed E-state index contributed by atoms with van der Waals surface area (Å²) in [4.78, 5) is 24.7. The first-order valence-electron chi connectivity index (χ1n) is 8.63. The predicted octanol–water partition coefficient (Wildman–Crippen LogP) is -3.36. The number of aliphatic hydroxyl groups excluding tert-OH is 1. The molecule has 0 amide bonds. The Hall–Kier alpha value is -0.180. The van der Waals surface area contributed by atoms with Crippen LogP contribution in [0.25, 0.3) is 11.2 Å². The van der Waals surface area contributed by atoms with Crippen molar-refractivity contribution in [3.8, 4) is 0 Å². The van der Waals surface area contributed by atoms with Gasteiger partial charge in [0.1, 0.15) is 18.7 Å². The molecule has 2 aromatic rings. The van der Waals surface area contributed by atoms with Crippen molar-refractivity contribution >= 4 is 40.7 Å². The first-order valence-corrected chi connectivity index (χ1v) is 10.9. The van der Waals surface area contributed by atoms with E-state index in [9.17, 15) is 14.6 Å². The van der Waals surface area contributed by atoms with Crippen LogP contribution in [0.2, 0.25) is 0 Å². The molecule has 15 heteroatoms.